The van der Waals surface area contributed by atoms with Crippen LogP contribution in [0.3, 0.4) is 0 Å². The van der Waals surface area contributed by atoms with Gasteiger partial charge in [0.1, 0.15) is 13.2 Å². The molecule has 18 nitrogen and oxygen atoms in total. The molecule has 2 aromatic heterocycles. The number of esters is 2. The molecule has 0 atom stereocenters. The third kappa shape index (κ3) is 10.4. The van der Waals surface area contributed by atoms with E-state index in [1.165, 1.54) is 44.7 Å². The van der Waals surface area contributed by atoms with Crippen molar-refractivity contribution in [2.24, 2.45) is 19.1 Å². The Balaban J connectivity index is 1.25. The summed E-state index contributed by atoms with van der Waals surface area (Å²) < 4.78 is 12.4. The maximum Gasteiger partial charge on any atom is 0.328 e. The summed E-state index contributed by atoms with van der Waals surface area (Å²) in [5.74, 6) is -2.43. The Hall–Kier alpha value is -7.16. The van der Waals surface area contributed by atoms with E-state index in [0.717, 1.165) is 15.2 Å². The van der Waals surface area contributed by atoms with E-state index in [2.05, 4.69) is 25.6 Å². The van der Waals surface area contributed by atoms with Crippen LogP contribution in [0.25, 0.3) is 0 Å². The number of rotatable bonds is 14. The van der Waals surface area contributed by atoms with Crippen molar-refractivity contribution in [2.45, 2.75) is 26.1 Å². The van der Waals surface area contributed by atoms with Gasteiger partial charge >= 0.3 is 23.3 Å². The highest BCUT2D eigenvalue weighted by atomic mass is 16.5. The van der Waals surface area contributed by atoms with Crippen molar-refractivity contribution >= 4 is 35.7 Å². The number of nitrogens with zero attached hydrogens (tertiary/aromatic N) is 4. The normalized spacial score (nSPS) is 10.7. The van der Waals surface area contributed by atoms with Gasteiger partial charge in [0.05, 0.1) is 47.0 Å². The number of hydrogen-bond donors (Lipinski definition) is 4. The van der Waals surface area contributed by atoms with Gasteiger partial charge in [-0.05, 0) is 35.9 Å². The molecule has 4 rings (SSSR count). The van der Waals surface area contributed by atoms with Crippen molar-refractivity contribution in [3.05, 3.63) is 130 Å². The number of H-pyrrole nitrogens is 2. The zero-order valence-electron chi connectivity index (χ0n) is 27.9. The molecule has 18 heteroatoms. The molecule has 0 bridgehead atoms. The molecule has 4 aromatic rings. The summed E-state index contributed by atoms with van der Waals surface area (Å²) >= 11 is 0. The van der Waals surface area contributed by atoms with E-state index in [-0.39, 0.29) is 67.1 Å². The topological polar surface area (TPSA) is 257 Å². The fraction of sp³-hybridized carbons (Fsp3) is 0.235. The van der Waals surface area contributed by atoms with E-state index in [9.17, 15) is 43.6 Å². The minimum Gasteiger partial charge on any atom is -0.460 e. The third-order valence-corrected chi connectivity index (χ3v) is 7.32. The second kappa shape index (κ2) is 17.5. The quantitative estimate of drug-likeness (QED) is 0.0984. The summed E-state index contributed by atoms with van der Waals surface area (Å²) in [5.41, 5.74) is -0.996. The standard InChI is InChI=1S/C34H32N8O10/c1-41-17-23(31(47)40-33(41)49)18-51-28(44)8-10-36-30(46)21-4-3-5-24(13-21)38-16-20-6-7-26(22(12-20)15-35)32(48)37-11-9-29(45)52-19-25-14-27(43)39-34(50)42(25)2/h3-7,12-14,16-17H,8-11,18-19H2,1-2H3,(H,36,46)(H,37,48)(H,39,43,50)(H,40,47,49)/b38-16+. The van der Waals surface area contributed by atoms with Crippen LogP contribution < -0.4 is 33.1 Å². The summed E-state index contributed by atoms with van der Waals surface area (Å²) in [5, 5.41) is 14.8. The van der Waals surface area contributed by atoms with Gasteiger partial charge in [0, 0.05) is 51.2 Å². The molecule has 4 N–H and O–H groups in total. The highest BCUT2D eigenvalue weighted by molar-refractivity contribution is 5.98. The van der Waals surface area contributed by atoms with Gasteiger partial charge in [-0.3, -0.25) is 48.3 Å². The predicted octanol–water partition coefficient (Wildman–Crippen LogP) is -0.191. The Morgan fingerprint density at radius 2 is 1.56 bits per heavy atom. The largest absolute Gasteiger partial charge is 0.460 e. The summed E-state index contributed by atoms with van der Waals surface area (Å²) in [6.45, 7) is -0.798. The lowest BCUT2D eigenvalue weighted by molar-refractivity contribution is -0.145. The Labute approximate surface area is 293 Å². The number of nitrogens with one attached hydrogen (secondary N) is 4. The predicted molar refractivity (Wildman–Crippen MR) is 183 cm³/mol. The Kier molecular flexibility index (Phi) is 12.7. The van der Waals surface area contributed by atoms with E-state index >= 15 is 0 Å². The lowest BCUT2D eigenvalue weighted by Gasteiger charge is -2.09. The number of aryl methyl sites for hydroxylation is 1. The highest BCUT2D eigenvalue weighted by Crippen LogP contribution is 2.16. The van der Waals surface area contributed by atoms with Crippen LogP contribution in [0.15, 0.2) is 78.9 Å². The molecule has 52 heavy (non-hydrogen) atoms. The van der Waals surface area contributed by atoms with Gasteiger partial charge in [0.25, 0.3) is 22.9 Å². The Bertz CT molecular complexity index is 2330. The van der Waals surface area contributed by atoms with Crippen LogP contribution >= 0.6 is 0 Å². The summed E-state index contributed by atoms with van der Waals surface area (Å²) in [6.07, 6.45) is 2.33. The minimum absolute atomic E-state index is 0.0452. The molecule has 0 aliphatic rings. The van der Waals surface area contributed by atoms with Crippen molar-refractivity contribution in [1.29, 1.82) is 5.26 Å². The summed E-state index contributed by atoms with van der Waals surface area (Å²) in [4.78, 5) is 105. The molecule has 0 fully saturated rings. The number of carbonyl (C=O) groups is 4. The van der Waals surface area contributed by atoms with E-state index in [1.807, 2.05) is 6.07 Å². The number of ether oxygens (including phenoxy) is 2. The fourth-order valence-electron chi connectivity index (χ4n) is 4.48. The molecule has 0 saturated carbocycles. The summed E-state index contributed by atoms with van der Waals surface area (Å²) in [7, 11) is 2.85. The van der Waals surface area contributed by atoms with Gasteiger partial charge in [-0.1, -0.05) is 12.1 Å². The summed E-state index contributed by atoms with van der Waals surface area (Å²) in [6, 6.07) is 13.8. The zero-order chi connectivity index (χ0) is 37.8. The lowest BCUT2D eigenvalue weighted by atomic mass is 10.0. The first-order valence-corrected chi connectivity index (χ1v) is 15.5. The molecule has 0 unspecified atom stereocenters. The van der Waals surface area contributed by atoms with Crippen molar-refractivity contribution in [1.82, 2.24) is 29.7 Å². The van der Waals surface area contributed by atoms with Crippen molar-refractivity contribution in [3.8, 4) is 6.07 Å². The average Bonchev–Trinajstić information content (AvgIpc) is 3.12. The van der Waals surface area contributed by atoms with Crippen LogP contribution in [-0.2, 0) is 46.4 Å². The Morgan fingerprint density at radius 1 is 0.865 bits per heavy atom. The number of hydrogen-bond acceptors (Lipinski definition) is 12. The van der Waals surface area contributed by atoms with E-state index in [4.69, 9.17) is 9.47 Å². The second-order valence-electron chi connectivity index (χ2n) is 11.1. The second-order valence-corrected chi connectivity index (χ2v) is 11.1. The number of aromatic amines is 2. The number of amides is 2. The lowest BCUT2D eigenvalue weighted by Crippen LogP contribution is -2.31. The number of carbonyl (C=O) groups excluding carboxylic acids is 4. The third-order valence-electron chi connectivity index (χ3n) is 7.32. The van der Waals surface area contributed by atoms with Crippen molar-refractivity contribution < 1.29 is 28.7 Å². The molecule has 2 heterocycles. The number of aromatic nitrogens is 4. The fourth-order valence-corrected chi connectivity index (χ4v) is 4.48. The molecule has 268 valence electrons. The van der Waals surface area contributed by atoms with Gasteiger partial charge in [-0.15, -0.1) is 0 Å². The first-order valence-electron chi connectivity index (χ1n) is 15.5. The Morgan fingerprint density at radius 3 is 2.27 bits per heavy atom. The van der Waals surface area contributed by atoms with Crippen LogP contribution in [-0.4, -0.2) is 62.2 Å². The maximum atomic E-state index is 12.7. The van der Waals surface area contributed by atoms with Gasteiger partial charge in [-0.2, -0.15) is 5.26 Å². The van der Waals surface area contributed by atoms with Gasteiger partial charge in [-0.25, -0.2) is 9.59 Å². The zero-order valence-corrected chi connectivity index (χ0v) is 27.9. The molecule has 2 aromatic carbocycles. The molecule has 0 radical (unpaired) electrons. The minimum atomic E-state index is -0.683. The highest BCUT2D eigenvalue weighted by Gasteiger charge is 2.14. The number of aliphatic imine (C=N–C) groups is 1. The molecular weight excluding hydrogens is 680 g/mol. The monoisotopic (exact) mass is 712 g/mol. The van der Waals surface area contributed by atoms with Crippen molar-refractivity contribution in [3.63, 3.8) is 0 Å². The SMILES string of the molecule is Cn1cc(COC(=O)CCNC(=O)c2cccc(/N=C/c3ccc(C(=O)NCCC(=O)OCc4cc(=O)[nH]c(=O)n4C)c(C#N)c3)c2)c(=O)[nH]c1=O. The van der Waals surface area contributed by atoms with Gasteiger partial charge < -0.3 is 24.7 Å². The first kappa shape index (κ1) is 37.7. The molecule has 0 aliphatic heterocycles. The first-order chi connectivity index (χ1) is 24.8. The van der Waals surface area contributed by atoms with Crippen LogP contribution in [0, 0.1) is 11.3 Å². The smallest absolute Gasteiger partial charge is 0.328 e. The van der Waals surface area contributed by atoms with Crippen LogP contribution in [0.5, 0.6) is 0 Å². The average molecular weight is 713 g/mol. The van der Waals surface area contributed by atoms with Gasteiger partial charge in [0.2, 0.25) is 0 Å². The molecule has 2 amide bonds. The number of nitriles is 1. The molecule has 0 saturated heterocycles. The van der Waals surface area contributed by atoms with Gasteiger partial charge in [0.15, 0.2) is 0 Å². The van der Waals surface area contributed by atoms with Crippen LogP contribution in [0.1, 0.15) is 55.9 Å². The maximum absolute atomic E-state index is 12.7. The molecule has 0 spiro atoms. The number of benzene rings is 2. The van der Waals surface area contributed by atoms with Crippen LogP contribution in [0.4, 0.5) is 5.69 Å². The van der Waals surface area contributed by atoms with Crippen LogP contribution in [0.2, 0.25) is 0 Å². The van der Waals surface area contributed by atoms with E-state index < -0.39 is 46.3 Å². The van der Waals surface area contributed by atoms with E-state index in [1.54, 1.807) is 24.3 Å². The van der Waals surface area contributed by atoms with Crippen molar-refractivity contribution in [2.75, 3.05) is 13.1 Å². The van der Waals surface area contributed by atoms with E-state index in [0.29, 0.717) is 11.3 Å². The molecular formula is C34H32N8O10. The molecule has 0 aliphatic carbocycles.